The van der Waals surface area contributed by atoms with E-state index in [9.17, 15) is 19.7 Å². The van der Waals surface area contributed by atoms with E-state index in [2.05, 4.69) is 4.98 Å². The van der Waals surface area contributed by atoms with Crippen LogP contribution in [0.5, 0.6) is 0 Å². The van der Waals surface area contributed by atoms with E-state index in [1.165, 1.54) is 28.8 Å². The van der Waals surface area contributed by atoms with Crippen molar-refractivity contribution in [2.75, 3.05) is 0 Å². The molecular formula is C18H19N3O5. The van der Waals surface area contributed by atoms with Gasteiger partial charge in [0.25, 0.3) is 0 Å². The SMILES string of the molecule is Cc1nc([N+](=O)[O-])cn1CC(=O)OC(C)C(=O)c1ccc2c(c1)CCC2. The average molecular weight is 357 g/mol. The number of benzene rings is 1. The van der Waals surface area contributed by atoms with E-state index in [1.54, 1.807) is 13.0 Å². The molecule has 8 heteroatoms. The van der Waals surface area contributed by atoms with E-state index in [1.807, 2.05) is 12.1 Å². The molecule has 3 rings (SSSR count). The summed E-state index contributed by atoms with van der Waals surface area (Å²) >= 11 is 0. The molecule has 1 aliphatic carbocycles. The number of fused-ring (bicyclic) bond motifs is 1. The topological polar surface area (TPSA) is 104 Å². The van der Waals surface area contributed by atoms with Gasteiger partial charge in [-0.3, -0.25) is 14.2 Å². The van der Waals surface area contributed by atoms with Crippen molar-refractivity contribution in [2.24, 2.45) is 0 Å². The highest BCUT2D eigenvalue weighted by molar-refractivity contribution is 6.00. The van der Waals surface area contributed by atoms with E-state index in [0.717, 1.165) is 19.3 Å². The minimum Gasteiger partial charge on any atom is -0.453 e. The van der Waals surface area contributed by atoms with E-state index in [4.69, 9.17) is 4.74 Å². The third kappa shape index (κ3) is 3.63. The Morgan fingerprint density at radius 1 is 1.35 bits per heavy atom. The average Bonchev–Trinajstić information content (AvgIpc) is 3.20. The molecule has 26 heavy (non-hydrogen) atoms. The first-order chi connectivity index (χ1) is 12.3. The molecule has 0 saturated heterocycles. The number of nitrogens with zero attached hydrogens (tertiary/aromatic N) is 3. The second-order valence-electron chi connectivity index (χ2n) is 6.36. The molecule has 0 radical (unpaired) electrons. The highest BCUT2D eigenvalue weighted by atomic mass is 16.6. The second kappa shape index (κ2) is 7.07. The number of aromatic nitrogens is 2. The zero-order valence-electron chi connectivity index (χ0n) is 14.6. The third-order valence-corrected chi connectivity index (χ3v) is 4.51. The summed E-state index contributed by atoms with van der Waals surface area (Å²) in [7, 11) is 0. The van der Waals surface area contributed by atoms with Gasteiger partial charge in [-0.1, -0.05) is 12.1 Å². The van der Waals surface area contributed by atoms with Crippen molar-refractivity contribution in [3.63, 3.8) is 0 Å². The molecule has 0 saturated carbocycles. The second-order valence-corrected chi connectivity index (χ2v) is 6.36. The highest BCUT2D eigenvalue weighted by Gasteiger charge is 2.23. The summed E-state index contributed by atoms with van der Waals surface area (Å²) in [6, 6.07) is 5.59. The number of esters is 1. The molecule has 0 spiro atoms. The van der Waals surface area contributed by atoms with Crippen LogP contribution in [-0.2, 0) is 28.9 Å². The van der Waals surface area contributed by atoms with E-state index >= 15 is 0 Å². The highest BCUT2D eigenvalue weighted by Crippen LogP contribution is 2.23. The molecule has 0 N–H and O–H groups in total. The molecule has 0 fully saturated rings. The maximum Gasteiger partial charge on any atom is 0.381 e. The van der Waals surface area contributed by atoms with Gasteiger partial charge >= 0.3 is 11.8 Å². The smallest absolute Gasteiger partial charge is 0.381 e. The monoisotopic (exact) mass is 357 g/mol. The van der Waals surface area contributed by atoms with Crippen LogP contribution < -0.4 is 0 Å². The van der Waals surface area contributed by atoms with Crippen molar-refractivity contribution in [3.05, 3.63) is 57.0 Å². The Hall–Kier alpha value is -3.03. The fraction of sp³-hybridized carbons (Fsp3) is 0.389. The standard InChI is InChI=1S/C18H19N3O5/c1-11(18(23)15-7-6-13-4-3-5-14(13)8-15)26-17(22)10-20-9-16(21(24)25)19-12(20)2/h6-9,11H,3-5,10H2,1-2H3. The molecule has 8 nitrogen and oxygen atoms in total. The first-order valence-corrected chi connectivity index (χ1v) is 8.39. The number of hydrogen-bond donors (Lipinski definition) is 0. The molecule has 136 valence electrons. The number of ether oxygens (including phenoxy) is 1. The van der Waals surface area contributed by atoms with Gasteiger partial charge < -0.3 is 14.9 Å². The van der Waals surface area contributed by atoms with Gasteiger partial charge in [0.1, 0.15) is 12.7 Å². The summed E-state index contributed by atoms with van der Waals surface area (Å²) in [5.41, 5.74) is 2.97. The molecule has 0 amide bonds. The van der Waals surface area contributed by atoms with Crippen LogP contribution in [0.4, 0.5) is 5.82 Å². The number of carbonyl (C=O) groups is 2. The van der Waals surface area contributed by atoms with Gasteiger partial charge in [-0.15, -0.1) is 0 Å². The van der Waals surface area contributed by atoms with Gasteiger partial charge in [0.2, 0.25) is 11.6 Å². The molecule has 1 aromatic heterocycles. The largest absolute Gasteiger partial charge is 0.453 e. The summed E-state index contributed by atoms with van der Waals surface area (Å²) in [6.45, 7) is 2.84. The van der Waals surface area contributed by atoms with Crippen LogP contribution in [0.15, 0.2) is 24.4 Å². The van der Waals surface area contributed by atoms with Crippen molar-refractivity contribution in [1.29, 1.82) is 0 Å². The minimum atomic E-state index is -0.930. The molecule has 1 aromatic carbocycles. The quantitative estimate of drug-likeness (QED) is 0.340. The van der Waals surface area contributed by atoms with Crippen LogP contribution in [0, 0.1) is 17.0 Å². The van der Waals surface area contributed by atoms with E-state index < -0.39 is 17.0 Å². The van der Waals surface area contributed by atoms with E-state index in [-0.39, 0.29) is 18.1 Å². The maximum atomic E-state index is 12.5. The Balaban J connectivity index is 1.63. The van der Waals surface area contributed by atoms with Crippen LogP contribution >= 0.6 is 0 Å². The summed E-state index contributed by atoms with van der Waals surface area (Å²) in [4.78, 5) is 38.4. The van der Waals surface area contributed by atoms with Crippen LogP contribution in [-0.4, -0.2) is 32.3 Å². The summed E-state index contributed by atoms with van der Waals surface area (Å²) in [5.74, 6) is -0.924. The molecule has 2 aromatic rings. The maximum absolute atomic E-state index is 12.5. The van der Waals surface area contributed by atoms with Crippen LogP contribution in [0.2, 0.25) is 0 Å². The molecule has 1 unspecified atom stereocenters. The number of aryl methyl sites for hydroxylation is 3. The van der Waals surface area contributed by atoms with Crippen molar-refractivity contribution >= 4 is 17.6 Å². The fourth-order valence-electron chi connectivity index (χ4n) is 3.13. The minimum absolute atomic E-state index is 0.242. The van der Waals surface area contributed by atoms with Gasteiger partial charge in [-0.2, -0.15) is 0 Å². The summed E-state index contributed by atoms with van der Waals surface area (Å²) in [5, 5.41) is 10.7. The lowest BCUT2D eigenvalue weighted by atomic mass is 10.0. The van der Waals surface area contributed by atoms with Crippen molar-refractivity contribution in [2.45, 2.75) is 45.8 Å². The van der Waals surface area contributed by atoms with Crippen molar-refractivity contribution < 1.29 is 19.2 Å². The van der Waals surface area contributed by atoms with Crippen LogP contribution in [0.3, 0.4) is 0 Å². The number of nitro groups is 1. The predicted molar refractivity (Wildman–Crippen MR) is 92.0 cm³/mol. The number of carbonyl (C=O) groups excluding carboxylic acids is 2. The molecule has 1 atom stereocenters. The lowest BCUT2D eigenvalue weighted by molar-refractivity contribution is -0.389. The van der Waals surface area contributed by atoms with Crippen LogP contribution in [0.25, 0.3) is 0 Å². The van der Waals surface area contributed by atoms with Gasteiger partial charge in [-0.05, 0) is 53.3 Å². The number of rotatable bonds is 6. The summed E-state index contributed by atoms with van der Waals surface area (Å²) < 4.78 is 6.53. The molecule has 0 bridgehead atoms. The number of Topliss-reactive ketones (excluding diaryl/α,β-unsaturated/α-hetero) is 1. The number of hydrogen-bond acceptors (Lipinski definition) is 6. The zero-order valence-corrected chi connectivity index (χ0v) is 14.6. The third-order valence-electron chi connectivity index (χ3n) is 4.51. The lowest BCUT2D eigenvalue weighted by Gasteiger charge is -2.13. The van der Waals surface area contributed by atoms with Crippen LogP contribution in [0.1, 0.15) is 40.7 Å². The first-order valence-electron chi connectivity index (χ1n) is 8.39. The van der Waals surface area contributed by atoms with Gasteiger partial charge in [0.05, 0.1) is 0 Å². The summed E-state index contributed by atoms with van der Waals surface area (Å²) in [6.07, 6.45) is 3.33. The first kappa shape index (κ1) is 17.8. The number of imidazole rings is 1. The Bertz CT molecular complexity index is 887. The fourth-order valence-corrected chi connectivity index (χ4v) is 3.13. The predicted octanol–water partition coefficient (Wildman–Crippen LogP) is 2.40. The lowest BCUT2D eigenvalue weighted by Crippen LogP contribution is -2.26. The van der Waals surface area contributed by atoms with Gasteiger partial charge in [-0.25, -0.2) is 0 Å². The molecule has 0 aliphatic heterocycles. The van der Waals surface area contributed by atoms with Crippen molar-refractivity contribution in [1.82, 2.24) is 9.55 Å². The molecular weight excluding hydrogens is 338 g/mol. The Labute approximate surface area is 149 Å². The van der Waals surface area contributed by atoms with Crippen molar-refractivity contribution in [3.8, 4) is 0 Å². The van der Waals surface area contributed by atoms with E-state index in [0.29, 0.717) is 11.4 Å². The Morgan fingerprint density at radius 2 is 2.08 bits per heavy atom. The molecule has 1 heterocycles. The Kier molecular flexibility index (Phi) is 4.83. The van der Waals surface area contributed by atoms with Gasteiger partial charge in [0.15, 0.2) is 6.10 Å². The Morgan fingerprint density at radius 3 is 2.77 bits per heavy atom. The number of ketones is 1. The zero-order chi connectivity index (χ0) is 18.8. The van der Waals surface area contributed by atoms with Gasteiger partial charge in [0, 0.05) is 12.5 Å². The normalized spacial score (nSPS) is 13.9. The molecule has 1 aliphatic rings.